The maximum absolute atomic E-state index is 11.2. The Labute approximate surface area is 117 Å². The van der Waals surface area contributed by atoms with E-state index in [1.165, 1.54) is 12.1 Å². The van der Waals surface area contributed by atoms with E-state index in [0.717, 1.165) is 0 Å². The molecule has 8 heteroatoms. The molecule has 0 aliphatic heterocycles. The Morgan fingerprint density at radius 2 is 1.44 bits per heavy atom. The third-order valence-electron chi connectivity index (χ3n) is 2.03. The molecule has 6 nitrogen and oxygen atoms in total. The van der Waals surface area contributed by atoms with E-state index in [4.69, 9.17) is 10.2 Å². The van der Waals surface area contributed by atoms with E-state index in [-0.39, 0.29) is 14.7 Å². The summed E-state index contributed by atoms with van der Waals surface area (Å²) in [5, 5.41) is 17.4. The summed E-state index contributed by atoms with van der Waals surface area (Å²) in [5.74, 6) is -2.35. The zero-order valence-corrected chi connectivity index (χ0v) is 12.6. The van der Waals surface area contributed by atoms with Gasteiger partial charge in [-0.05, 0) is 23.3 Å². The Hall–Kier alpha value is -1.03. The highest BCUT2D eigenvalue weighted by molar-refractivity contribution is 14.2. The van der Waals surface area contributed by atoms with Gasteiger partial charge in [-0.1, -0.05) is 15.9 Å². The van der Waals surface area contributed by atoms with Crippen LogP contribution in [0.3, 0.4) is 0 Å². The van der Waals surface area contributed by atoms with E-state index in [2.05, 4.69) is 15.9 Å². The van der Waals surface area contributed by atoms with Gasteiger partial charge in [-0.25, -0.2) is 6.14 Å². The lowest BCUT2D eigenvalue weighted by Crippen LogP contribution is -2.08. The van der Waals surface area contributed by atoms with Crippen molar-refractivity contribution in [1.82, 2.24) is 0 Å². The molecule has 0 fully saturated rings. The van der Waals surface area contributed by atoms with Crippen molar-refractivity contribution in [2.45, 2.75) is 12.8 Å². The highest BCUT2D eigenvalue weighted by Gasteiger charge is 2.18. The third-order valence-corrected chi connectivity index (χ3v) is 4.75. The van der Waals surface area contributed by atoms with E-state index in [1.54, 1.807) is 0 Å². The molecular formula is C10H8BrIO6. The summed E-state index contributed by atoms with van der Waals surface area (Å²) in [4.78, 5) is 21.3. The molecule has 18 heavy (non-hydrogen) atoms. The predicted octanol–water partition coefficient (Wildman–Crippen LogP) is 2.07. The zero-order valence-electron chi connectivity index (χ0n) is 8.85. The smallest absolute Gasteiger partial charge is 0.341 e. The Balaban J connectivity index is 3.44. The number of carboxylic acids is 2. The zero-order chi connectivity index (χ0) is 13.9. The number of halogens is 2. The number of rotatable bonds is 5. The molecule has 98 valence electrons. The Bertz CT molecular complexity index is 533. The van der Waals surface area contributed by atoms with Crippen LogP contribution in [0.5, 0.6) is 0 Å². The molecule has 0 bridgehead atoms. The molecule has 0 saturated carbocycles. The van der Waals surface area contributed by atoms with Crippen LogP contribution in [0, 0.1) is 3.57 Å². The van der Waals surface area contributed by atoms with Crippen LogP contribution in [0.2, 0.25) is 0 Å². The molecule has 0 heterocycles. The van der Waals surface area contributed by atoms with Gasteiger partial charge in [0.15, 0.2) is 0 Å². The molecule has 2 N–H and O–H groups in total. The van der Waals surface area contributed by atoms with Gasteiger partial charge in [0.25, 0.3) is 0 Å². The molecule has 1 aromatic rings. The molecule has 0 amide bonds. The minimum Gasteiger partial charge on any atom is -0.481 e. The minimum atomic E-state index is -3.97. The second-order valence-electron chi connectivity index (χ2n) is 3.40. The van der Waals surface area contributed by atoms with Gasteiger partial charge in [-0.15, -0.1) is 0 Å². The topological polar surface area (TPSA) is 109 Å². The largest absolute Gasteiger partial charge is 0.481 e. The van der Waals surface area contributed by atoms with Crippen molar-refractivity contribution < 1.29 is 25.9 Å². The molecule has 0 saturated heterocycles. The highest BCUT2D eigenvalue weighted by atomic mass is 127. The van der Waals surface area contributed by atoms with Crippen molar-refractivity contribution in [3.8, 4) is 0 Å². The number of aliphatic carboxylic acids is 2. The Morgan fingerprint density at radius 1 is 1.06 bits per heavy atom. The van der Waals surface area contributed by atoms with Crippen LogP contribution in [0.15, 0.2) is 16.6 Å². The summed E-state index contributed by atoms with van der Waals surface area (Å²) in [6.45, 7) is 0. The third kappa shape index (κ3) is 4.02. The van der Waals surface area contributed by atoms with E-state index >= 15 is 0 Å². The van der Waals surface area contributed by atoms with Gasteiger partial charge in [-0.3, -0.25) is 9.59 Å². The number of benzene rings is 1. The van der Waals surface area contributed by atoms with Crippen molar-refractivity contribution in [2.75, 3.05) is 0 Å². The average Bonchev–Trinajstić information content (AvgIpc) is 2.12. The first-order valence-electron chi connectivity index (χ1n) is 4.61. The molecule has 1 rings (SSSR count). The normalized spacial score (nSPS) is 10.6. The lowest BCUT2D eigenvalue weighted by atomic mass is 10.1. The Morgan fingerprint density at radius 3 is 1.72 bits per heavy atom. The van der Waals surface area contributed by atoms with Crippen LogP contribution in [-0.4, -0.2) is 22.2 Å². The van der Waals surface area contributed by atoms with Crippen molar-refractivity contribution in [2.24, 2.45) is 0 Å². The van der Waals surface area contributed by atoms with Gasteiger partial charge in [0.1, 0.15) is 0 Å². The van der Waals surface area contributed by atoms with Crippen LogP contribution < -0.4 is 0 Å². The fourth-order valence-electron chi connectivity index (χ4n) is 1.49. The first-order chi connectivity index (χ1) is 8.31. The fourth-order valence-corrected chi connectivity index (χ4v) is 3.87. The summed E-state index contributed by atoms with van der Waals surface area (Å²) in [5.41, 5.74) is 0.228. The SMILES string of the molecule is O=C(O)Cc1cc(Br)cc(CC(=O)O)c1I(=O)=O. The Kier molecular flexibility index (Phi) is 5.20. The summed E-state index contributed by atoms with van der Waals surface area (Å²) in [7, 11) is 0. The summed E-state index contributed by atoms with van der Waals surface area (Å²) in [6.07, 6.45) is -0.917. The van der Waals surface area contributed by atoms with Crippen molar-refractivity contribution >= 4 is 47.7 Å². The number of carboxylic acid groups (broad SMARTS) is 2. The molecule has 0 aliphatic carbocycles. The van der Waals surface area contributed by atoms with E-state index in [1.807, 2.05) is 0 Å². The highest BCUT2D eigenvalue weighted by Crippen LogP contribution is 2.30. The first-order valence-corrected chi connectivity index (χ1v) is 8.24. The average molecular weight is 431 g/mol. The van der Waals surface area contributed by atoms with Crippen molar-refractivity contribution in [3.63, 3.8) is 0 Å². The minimum absolute atomic E-state index is 0.114. The van der Waals surface area contributed by atoms with Gasteiger partial charge in [0.2, 0.25) is 0 Å². The summed E-state index contributed by atoms with van der Waals surface area (Å²) in [6, 6.07) is 2.77. The van der Waals surface area contributed by atoms with E-state index in [0.29, 0.717) is 4.47 Å². The fraction of sp³-hybridized carbons (Fsp3) is 0.200. The van der Waals surface area contributed by atoms with Crippen LogP contribution in [0.25, 0.3) is 0 Å². The molecule has 0 aliphatic rings. The molecule has 0 spiro atoms. The van der Waals surface area contributed by atoms with Crippen LogP contribution in [0.1, 0.15) is 11.1 Å². The van der Waals surface area contributed by atoms with Crippen molar-refractivity contribution in [1.29, 1.82) is 0 Å². The summed E-state index contributed by atoms with van der Waals surface area (Å²) < 4.78 is 22.8. The maximum atomic E-state index is 11.2. The second kappa shape index (κ2) is 6.23. The van der Waals surface area contributed by atoms with Crippen LogP contribution >= 0.6 is 35.7 Å². The monoisotopic (exact) mass is 430 g/mol. The molecule has 0 radical (unpaired) electrons. The van der Waals surface area contributed by atoms with Gasteiger partial charge < -0.3 is 10.2 Å². The van der Waals surface area contributed by atoms with E-state index in [9.17, 15) is 15.7 Å². The van der Waals surface area contributed by atoms with Gasteiger partial charge in [-0.2, -0.15) is 0 Å². The lowest BCUT2D eigenvalue weighted by molar-refractivity contribution is -0.137. The van der Waals surface area contributed by atoms with Gasteiger partial charge in [0.05, 0.1) is 16.4 Å². The lowest BCUT2D eigenvalue weighted by Gasteiger charge is -2.07. The van der Waals surface area contributed by atoms with Crippen molar-refractivity contribution in [3.05, 3.63) is 31.3 Å². The second-order valence-corrected chi connectivity index (χ2v) is 6.63. The van der Waals surface area contributed by atoms with E-state index < -0.39 is 44.6 Å². The van der Waals surface area contributed by atoms with Crippen LogP contribution in [-0.2, 0) is 28.6 Å². The van der Waals surface area contributed by atoms with Gasteiger partial charge in [0, 0.05) is 4.47 Å². The number of hydrogen-bond donors (Lipinski definition) is 2. The predicted molar refractivity (Wildman–Crippen MR) is 70.9 cm³/mol. The molecule has 1 aromatic carbocycles. The van der Waals surface area contributed by atoms with Gasteiger partial charge >= 0.3 is 31.7 Å². The maximum Gasteiger partial charge on any atom is 0.341 e. The quantitative estimate of drug-likeness (QED) is 0.692. The van der Waals surface area contributed by atoms with Crippen LogP contribution in [0.4, 0.5) is 0 Å². The molecule has 0 atom stereocenters. The number of carbonyl (C=O) groups is 2. The molecule has 0 aromatic heterocycles. The molecular weight excluding hydrogens is 423 g/mol. The summed E-state index contributed by atoms with van der Waals surface area (Å²) >= 11 is -0.866. The standard InChI is InChI=1S/C10H8BrIO6/c11-7-1-5(3-8(13)14)10(12(17)18)6(2-7)4-9(15)16/h1-2H,3-4H2,(H,13,14)(H,15,16). The number of hydrogen-bond acceptors (Lipinski definition) is 4. The molecule has 0 unspecified atom stereocenters. The first kappa shape index (κ1) is 15.0.